The van der Waals surface area contributed by atoms with Gasteiger partial charge in [-0.1, -0.05) is 23.7 Å². The van der Waals surface area contributed by atoms with Gasteiger partial charge in [0.1, 0.15) is 11.5 Å². The topological polar surface area (TPSA) is 79.9 Å². The normalized spacial score (nSPS) is 12.0. The quantitative estimate of drug-likeness (QED) is 0.382. The Hall–Kier alpha value is -3.52. The van der Waals surface area contributed by atoms with Gasteiger partial charge >= 0.3 is 5.97 Å². The minimum absolute atomic E-state index is 0. The van der Waals surface area contributed by atoms with Crippen molar-refractivity contribution in [2.45, 2.75) is 13.0 Å². The van der Waals surface area contributed by atoms with E-state index in [2.05, 4.69) is 20.3 Å². The molecule has 1 atom stereocenters. The number of ether oxygens (including phenoxy) is 1. The maximum absolute atomic E-state index is 14.9. The molecular formula is C22H19ClF2N4O2. The molecular weight excluding hydrogens is 426 g/mol. The van der Waals surface area contributed by atoms with Gasteiger partial charge in [0.25, 0.3) is 0 Å². The van der Waals surface area contributed by atoms with Gasteiger partial charge in [-0.25, -0.2) is 23.5 Å². The zero-order chi connectivity index (χ0) is 22.1. The Morgan fingerprint density at radius 1 is 1.26 bits per heavy atom. The SMILES string of the molecule is COC(=O)c1cc(F)c(N[C@@H](C)c2ccc(F)cc2)nc1-c1c[nH]c2ncc(Cl)cc12.[HH]. The molecule has 0 bridgehead atoms. The van der Waals surface area contributed by atoms with Crippen molar-refractivity contribution < 1.29 is 19.7 Å². The molecule has 2 N–H and O–H groups in total. The van der Waals surface area contributed by atoms with Gasteiger partial charge in [-0.3, -0.25) is 0 Å². The molecule has 3 aromatic heterocycles. The van der Waals surface area contributed by atoms with Crippen LogP contribution in [0.4, 0.5) is 14.6 Å². The Balaban J connectivity index is 0.00000289. The summed E-state index contributed by atoms with van der Waals surface area (Å²) in [7, 11) is 1.21. The molecule has 0 spiro atoms. The summed E-state index contributed by atoms with van der Waals surface area (Å²) in [5.74, 6) is -1.89. The number of nitrogens with zero attached hydrogens (tertiary/aromatic N) is 2. The molecule has 0 aliphatic heterocycles. The Labute approximate surface area is 182 Å². The number of nitrogens with one attached hydrogen (secondary N) is 2. The second-order valence-electron chi connectivity index (χ2n) is 6.88. The number of esters is 1. The Morgan fingerprint density at radius 2 is 2.00 bits per heavy atom. The summed E-state index contributed by atoms with van der Waals surface area (Å²) in [4.78, 5) is 23.9. The number of hydrogen-bond donors (Lipinski definition) is 2. The Bertz CT molecular complexity index is 1280. The Morgan fingerprint density at radius 3 is 2.71 bits per heavy atom. The molecule has 160 valence electrons. The number of carbonyl (C=O) groups is 1. The van der Waals surface area contributed by atoms with E-state index < -0.39 is 11.8 Å². The first-order valence-electron chi connectivity index (χ1n) is 9.31. The first kappa shape index (κ1) is 20.7. The molecule has 6 nitrogen and oxygen atoms in total. The summed E-state index contributed by atoms with van der Waals surface area (Å²) < 4.78 is 32.9. The summed E-state index contributed by atoms with van der Waals surface area (Å²) in [6.45, 7) is 1.79. The van der Waals surface area contributed by atoms with Gasteiger partial charge in [-0.05, 0) is 36.8 Å². The van der Waals surface area contributed by atoms with Gasteiger partial charge in [-0.15, -0.1) is 0 Å². The van der Waals surface area contributed by atoms with Crippen LogP contribution in [0.25, 0.3) is 22.3 Å². The van der Waals surface area contributed by atoms with Gasteiger partial charge in [0, 0.05) is 24.8 Å². The summed E-state index contributed by atoms with van der Waals surface area (Å²) in [6, 6.07) is 8.22. The molecule has 0 unspecified atom stereocenters. The van der Waals surface area contributed by atoms with Gasteiger partial charge < -0.3 is 15.0 Å². The lowest BCUT2D eigenvalue weighted by atomic mass is 10.0. The predicted octanol–water partition coefficient (Wildman–Crippen LogP) is 5.76. The predicted molar refractivity (Wildman–Crippen MR) is 116 cm³/mol. The number of H-pyrrole nitrogens is 1. The molecule has 0 saturated carbocycles. The van der Waals surface area contributed by atoms with Crippen molar-refractivity contribution >= 4 is 34.4 Å². The molecule has 9 heteroatoms. The van der Waals surface area contributed by atoms with E-state index in [4.69, 9.17) is 16.3 Å². The minimum Gasteiger partial charge on any atom is -0.465 e. The van der Waals surface area contributed by atoms with Crippen LogP contribution in [0.2, 0.25) is 5.02 Å². The third-order valence-electron chi connectivity index (χ3n) is 4.86. The molecule has 1 aromatic carbocycles. The number of rotatable bonds is 5. The fourth-order valence-electron chi connectivity index (χ4n) is 3.27. The number of anilines is 1. The second-order valence-corrected chi connectivity index (χ2v) is 7.31. The fourth-order valence-corrected chi connectivity index (χ4v) is 3.43. The van der Waals surface area contributed by atoms with Crippen LogP contribution in [0, 0.1) is 11.6 Å². The van der Waals surface area contributed by atoms with Gasteiger partial charge in [-0.2, -0.15) is 0 Å². The lowest BCUT2D eigenvalue weighted by Gasteiger charge is -2.17. The van der Waals surface area contributed by atoms with Crippen molar-refractivity contribution in [2.75, 3.05) is 12.4 Å². The molecule has 0 amide bonds. The van der Waals surface area contributed by atoms with Crippen LogP contribution in [-0.2, 0) is 4.74 Å². The van der Waals surface area contributed by atoms with Gasteiger partial charge in [0.05, 0.1) is 29.4 Å². The van der Waals surface area contributed by atoms with E-state index in [-0.39, 0.29) is 30.4 Å². The monoisotopic (exact) mass is 444 g/mol. The fraction of sp³-hybridized carbons (Fsp3) is 0.136. The summed E-state index contributed by atoms with van der Waals surface area (Å²) >= 11 is 6.08. The van der Waals surface area contributed by atoms with Crippen molar-refractivity contribution in [3.8, 4) is 11.3 Å². The standard InChI is InChI=1S/C22H17ClF2N4O2.H2/c1-11(12-3-5-14(24)6-4-12)28-21-18(25)8-16(22(30)31-2)19(29-21)17-10-27-20-15(17)7-13(23)9-26-20;/h3-11H,1-2H3,(H,26,27)(H,28,29);1H/t11-;/m0./s1. The maximum Gasteiger partial charge on any atom is 0.340 e. The van der Waals surface area contributed by atoms with E-state index in [9.17, 15) is 13.6 Å². The first-order valence-corrected chi connectivity index (χ1v) is 9.69. The zero-order valence-corrected chi connectivity index (χ0v) is 17.3. The number of pyridine rings is 2. The number of aromatic nitrogens is 3. The van der Waals surface area contributed by atoms with Crippen molar-refractivity contribution in [2.24, 2.45) is 0 Å². The van der Waals surface area contributed by atoms with E-state index in [0.717, 1.165) is 11.6 Å². The molecule has 0 saturated heterocycles. The smallest absolute Gasteiger partial charge is 0.340 e. The highest BCUT2D eigenvalue weighted by molar-refractivity contribution is 6.31. The minimum atomic E-state index is -0.733. The van der Waals surface area contributed by atoms with Crippen molar-refractivity contribution in [1.82, 2.24) is 15.0 Å². The Kier molecular flexibility index (Phi) is 5.56. The number of methoxy groups -OCH3 is 1. The van der Waals surface area contributed by atoms with E-state index in [1.807, 2.05) is 0 Å². The zero-order valence-electron chi connectivity index (χ0n) is 16.5. The summed E-state index contributed by atoms with van der Waals surface area (Å²) in [5, 5.41) is 4.00. The highest BCUT2D eigenvalue weighted by Crippen LogP contribution is 2.33. The second kappa shape index (κ2) is 8.31. The third-order valence-corrected chi connectivity index (χ3v) is 5.06. The first-order chi connectivity index (χ1) is 14.9. The van der Waals surface area contributed by atoms with Crippen molar-refractivity contribution in [1.29, 1.82) is 0 Å². The van der Waals surface area contributed by atoms with Crippen LogP contribution < -0.4 is 5.32 Å². The largest absolute Gasteiger partial charge is 0.465 e. The number of benzene rings is 1. The summed E-state index contributed by atoms with van der Waals surface area (Å²) in [5.41, 5.74) is 1.96. The molecule has 3 heterocycles. The summed E-state index contributed by atoms with van der Waals surface area (Å²) in [6.07, 6.45) is 3.11. The highest BCUT2D eigenvalue weighted by Gasteiger charge is 2.23. The van der Waals surface area contributed by atoms with Crippen LogP contribution in [-0.4, -0.2) is 28.0 Å². The van der Waals surface area contributed by atoms with Crippen LogP contribution in [0.3, 0.4) is 0 Å². The lowest BCUT2D eigenvalue weighted by molar-refractivity contribution is 0.0600. The molecule has 0 aliphatic carbocycles. The maximum atomic E-state index is 14.9. The van der Waals surface area contributed by atoms with Gasteiger partial charge in [0.15, 0.2) is 11.6 Å². The van der Waals surface area contributed by atoms with E-state index >= 15 is 0 Å². The number of carbonyl (C=O) groups excluding carboxylic acids is 1. The van der Waals surface area contributed by atoms with E-state index in [1.165, 1.54) is 25.4 Å². The molecule has 4 rings (SSSR count). The molecule has 0 radical (unpaired) electrons. The van der Waals surface area contributed by atoms with Crippen LogP contribution in [0.15, 0.2) is 48.8 Å². The number of fused-ring (bicyclic) bond motifs is 1. The van der Waals surface area contributed by atoms with E-state index in [0.29, 0.717) is 21.6 Å². The molecule has 0 fully saturated rings. The van der Waals surface area contributed by atoms with Crippen LogP contribution in [0.1, 0.15) is 30.3 Å². The number of aromatic amines is 1. The molecule has 4 aromatic rings. The van der Waals surface area contributed by atoms with E-state index in [1.54, 1.807) is 31.3 Å². The number of hydrogen-bond acceptors (Lipinski definition) is 5. The van der Waals surface area contributed by atoms with Crippen molar-refractivity contribution in [3.63, 3.8) is 0 Å². The highest BCUT2D eigenvalue weighted by atomic mass is 35.5. The van der Waals surface area contributed by atoms with Crippen molar-refractivity contribution in [3.05, 3.63) is 76.6 Å². The number of halogens is 3. The molecule has 31 heavy (non-hydrogen) atoms. The lowest BCUT2D eigenvalue weighted by Crippen LogP contribution is -2.13. The van der Waals surface area contributed by atoms with Crippen LogP contribution in [0.5, 0.6) is 0 Å². The van der Waals surface area contributed by atoms with Gasteiger partial charge in [0.2, 0.25) is 0 Å². The average Bonchev–Trinajstić information content (AvgIpc) is 3.17. The molecule has 0 aliphatic rings. The van der Waals surface area contributed by atoms with Crippen LogP contribution >= 0.6 is 11.6 Å². The third kappa shape index (κ3) is 4.06. The average molecular weight is 445 g/mol.